The number of hydrogen-bond acceptors (Lipinski definition) is 4. The number of hydrogen-bond donors (Lipinski definition) is 3. The van der Waals surface area contributed by atoms with E-state index in [0.717, 1.165) is 19.5 Å². The third kappa shape index (κ3) is 6.11. The van der Waals surface area contributed by atoms with Crippen molar-refractivity contribution in [2.75, 3.05) is 20.1 Å². The van der Waals surface area contributed by atoms with Crippen molar-refractivity contribution in [3.8, 4) is 5.75 Å². The molecule has 148 valence electrons. The van der Waals surface area contributed by atoms with E-state index in [-0.39, 0.29) is 11.7 Å². The summed E-state index contributed by atoms with van der Waals surface area (Å²) in [5.74, 6) is -2.06. The number of likely N-dealkylation sites (N-methyl/N-ethyl adjacent to an activating group) is 1. The number of phenolic OH excluding ortho intramolecular Hbond substituents is 1. The van der Waals surface area contributed by atoms with Crippen molar-refractivity contribution in [1.29, 1.82) is 0 Å². The largest absolute Gasteiger partial charge is 0.506 e. The molecule has 3 rings (SSSR count). The molecule has 0 spiro atoms. The molecule has 1 aliphatic rings. The van der Waals surface area contributed by atoms with E-state index < -0.39 is 11.9 Å². The van der Waals surface area contributed by atoms with Crippen LogP contribution in [0.25, 0.3) is 0 Å². The summed E-state index contributed by atoms with van der Waals surface area (Å²) >= 11 is 6.07. The molecule has 2 aromatic rings. The Labute approximate surface area is 168 Å². The zero-order valence-electron chi connectivity index (χ0n) is 15.4. The summed E-state index contributed by atoms with van der Waals surface area (Å²) in [7, 11) is 2.14. The van der Waals surface area contributed by atoms with Gasteiger partial charge in [0.25, 0.3) is 0 Å². The van der Waals surface area contributed by atoms with Crippen LogP contribution in [0.3, 0.4) is 0 Å². The molecule has 7 heteroatoms. The van der Waals surface area contributed by atoms with Gasteiger partial charge in [0, 0.05) is 31.2 Å². The van der Waals surface area contributed by atoms with E-state index in [1.54, 1.807) is 0 Å². The molecule has 1 aliphatic heterocycles. The number of carbonyl (C=O) groups is 2. The second-order valence-corrected chi connectivity index (χ2v) is 6.89. The molecular weight excluding hydrogens is 382 g/mol. The minimum atomic E-state index is -1.26. The fourth-order valence-corrected chi connectivity index (χ4v) is 3.27. The standard InChI is InChI=1S/C17H18ClNO.C4H4O4/c1-19-8-7-13-9-16(18)17(20)10-14(13)15(11-19)12-5-3-2-4-6-12;5-3(6)1-2-4(7)8/h2-6,9-10,15,20H,7-8,11H2,1H3;1-2H,(H,5,6)(H,7,8)/t15-;/m1./s1. The second-order valence-electron chi connectivity index (χ2n) is 6.49. The van der Waals surface area contributed by atoms with Gasteiger partial charge in [-0.25, -0.2) is 9.59 Å². The van der Waals surface area contributed by atoms with E-state index in [2.05, 4.69) is 36.2 Å². The van der Waals surface area contributed by atoms with Crippen LogP contribution in [0.2, 0.25) is 5.02 Å². The summed E-state index contributed by atoms with van der Waals surface area (Å²) in [6.45, 7) is 1.97. The molecule has 1 heterocycles. The molecule has 0 saturated heterocycles. The van der Waals surface area contributed by atoms with Gasteiger partial charge in [-0.3, -0.25) is 0 Å². The first-order chi connectivity index (χ1) is 13.3. The third-order valence-electron chi connectivity index (χ3n) is 4.41. The maximum absolute atomic E-state index is 9.95. The van der Waals surface area contributed by atoms with Gasteiger partial charge in [0.1, 0.15) is 5.75 Å². The highest BCUT2D eigenvalue weighted by atomic mass is 35.5. The van der Waals surface area contributed by atoms with E-state index in [4.69, 9.17) is 21.8 Å². The summed E-state index contributed by atoms with van der Waals surface area (Å²) in [5, 5.41) is 26.0. The number of carboxylic acid groups (broad SMARTS) is 2. The number of phenols is 1. The van der Waals surface area contributed by atoms with Crippen LogP contribution in [-0.4, -0.2) is 52.3 Å². The lowest BCUT2D eigenvalue weighted by molar-refractivity contribution is -0.134. The van der Waals surface area contributed by atoms with Gasteiger partial charge < -0.3 is 20.2 Å². The predicted octanol–water partition coefficient (Wildman–Crippen LogP) is 3.38. The highest BCUT2D eigenvalue weighted by molar-refractivity contribution is 6.32. The molecule has 0 radical (unpaired) electrons. The number of fused-ring (bicyclic) bond motifs is 1. The number of halogens is 1. The maximum atomic E-state index is 9.95. The molecular formula is C21H22ClNO5. The smallest absolute Gasteiger partial charge is 0.328 e. The first-order valence-corrected chi connectivity index (χ1v) is 9.04. The molecule has 6 nitrogen and oxygen atoms in total. The minimum Gasteiger partial charge on any atom is -0.506 e. The summed E-state index contributed by atoms with van der Waals surface area (Å²) in [6, 6.07) is 14.2. The van der Waals surface area contributed by atoms with E-state index in [1.807, 2.05) is 18.2 Å². The lowest BCUT2D eigenvalue weighted by Crippen LogP contribution is -2.24. The lowest BCUT2D eigenvalue weighted by atomic mass is 9.88. The van der Waals surface area contributed by atoms with Gasteiger partial charge >= 0.3 is 11.9 Å². The van der Waals surface area contributed by atoms with Crippen molar-refractivity contribution in [1.82, 2.24) is 4.90 Å². The topological polar surface area (TPSA) is 98.1 Å². The highest BCUT2D eigenvalue weighted by Gasteiger charge is 2.24. The monoisotopic (exact) mass is 403 g/mol. The Balaban J connectivity index is 0.000000300. The molecule has 0 saturated carbocycles. The van der Waals surface area contributed by atoms with Gasteiger partial charge in [-0.1, -0.05) is 41.9 Å². The average molecular weight is 404 g/mol. The van der Waals surface area contributed by atoms with Crippen molar-refractivity contribution in [2.45, 2.75) is 12.3 Å². The van der Waals surface area contributed by atoms with E-state index >= 15 is 0 Å². The molecule has 0 aliphatic carbocycles. The molecule has 0 aromatic heterocycles. The van der Waals surface area contributed by atoms with Gasteiger partial charge in [0.15, 0.2) is 0 Å². The molecule has 0 amide bonds. The van der Waals surface area contributed by atoms with Crippen LogP contribution in [0.1, 0.15) is 22.6 Å². The number of aromatic hydroxyl groups is 1. The van der Waals surface area contributed by atoms with E-state index in [9.17, 15) is 14.7 Å². The normalized spacial score (nSPS) is 16.6. The van der Waals surface area contributed by atoms with E-state index in [1.165, 1.54) is 16.7 Å². The average Bonchev–Trinajstić information content (AvgIpc) is 2.81. The van der Waals surface area contributed by atoms with Crippen LogP contribution in [0.15, 0.2) is 54.6 Å². The number of carboxylic acids is 2. The Hall–Kier alpha value is -2.83. The van der Waals surface area contributed by atoms with Crippen molar-refractivity contribution in [2.24, 2.45) is 0 Å². The van der Waals surface area contributed by atoms with Crippen LogP contribution in [0, 0.1) is 0 Å². The van der Waals surface area contributed by atoms with Gasteiger partial charge in [0.05, 0.1) is 5.02 Å². The Morgan fingerprint density at radius 2 is 1.71 bits per heavy atom. The molecule has 28 heavy (non-hydrogen) atoms. The van der Waals surface area contributed by atoms with Gasteiger partial charge in [-0.15, -0.1) is 0 Å². The fraction of sp³-hybridized carbons (Fsp3) is 0.238. The fourth-order valence-electron chi connectivity index (χ4n) is 3.09. The van der Waals surface area contributed by atoms with Crippen LogP contribution in [0.5, 0.6) is 5.75 Å². The number of rotatable bonds is 3. The summed E-state index contributed by atoms with van der Waals surface area (Å²) < 4.78 is 0. The maximum Gasteiger partial charge on any atom is 0.328 e. The van der Waals surface area contributed by atoms with Crippen LogP contribution in [-0.2, 0) is 16.0 Å². The molecule has 0 bridgehead atoms. The molecule has 1 atom stereocenters. The van der Waals surface area contributed by atoms with Crippen molar-refractivity contribution < 1.29 is 24.9 Å². The Kier molecular flexibility index (Phi) is 7.61. The Morgan fingerprint density at radius 1 is 1.11 bits per heavy atom. The van der Waals surface area contributed by atoms with Gasteiger partial charge in [-0.05, 0) is 42.3 Å². The van der Waals surface area contributed by atoms with Crippen LogP contribution < -0.4 is 0 Å². The predicted molar refractivity (Wildman–Crippen MR) is 107 cm³/mol. The van der Waals surface area contributed by atoms with E-state index in [0.29, 0.717) is 17.2 Å². The number of benzene rings is 2. The molecule has 0 fully saturated rings. The quantitative estimate of drug-likeness (QED) is 0.679. The van der Waals surface area contributed by atoms with Gasteiger partial charge in [-0.2, -0.15) is 0 Å². The van der Waals surface area contributed by atoms with Crippen LogP contribution >= 0.6 is 11.6 Å². The highest BCUT2D eigenvalue weighted by Crippen LogP contribution is 2.36. The van der Waals surface area contributed by atoms with Crippen molar-refractivity contribution >= 4 is 23.5 Å². The number of nitrogens with zero attached hydrogens (tertiary/aromatic N) is 1. The zero-order chi connectivity index (χ0) is 20.7. The van der Waals surface area contributed by atoms with Crippen molar-refractivity contribution in [3.05, 3.63) is 76.3 Å². The zero-order valence-corrected chi connectivity index (χ0v) is 16.1. The van der Waals surface area contributed by atoms with Crippen molar-refractivity contribution in [3.63, 3.8) is 0 Å². The van der Waals surface area contributed by atoms with Gasteiger partial charge in [0.2, 0.25) is 0 Å². The Bertz CT molecular complexity index is 851. The summed E-state index contributed by atoms with van der Waals surface area (Å²) in [6.07, 6.45) is 2.08. The molecule has 0 unspecified atom stereocenters. The van der Waals surface area contributed by atoms with Crippen LogP contribution in [0.4, 0.5) is 0 Å². The first kappa shape index (κ1) is 21.5. The minimum absolute atomic E-state index is 0.177. The number of aliphatic carboxylic acids is 2. The lowest BCUT2D eigenvalue weighted by Gasteiger charge is -2.22. The summed E-state index contributed by atoms with van der Waals surface area (Å²) in [5.41, 5.74) is 3.72. The summed E-state index contributed by atoms with van der Waals surface area (Å²) in [4.78, 5) is 21.4. The second kappa shape index (κ2) is 9.92. The Morgan fingerprint density at radius 3 is 2.29 bits per heavy atom. The SMILES string of the molecule is CN1CCc2cc(Cl)c(O)cc2[C@@H](c2ccccc2)C1.O=C(O)C=CC(=O)O. The molecule has 2 aromatic carbocycles. The third-order valence-corrected chi connectivity index (χ3v) is 4.71. The molecule has 3 N–H and O–H groups in total. The first-order valence-electron chi connectivity index (χ1n) is 8.66.